The third-order valence-corrected chi connectivity index (χ3v) is 5.12. The van der Waals surface area contributed by atoms with E-state index in [-0.39, 0.29) is 11.7 Å². The van der Waals surface area contributed by atoms with Gasteiger partial charge in [0.05, 0.1) is 18.6 Å². The van der Waals surface area contributed by atoms with E-state index in [1.54, 1.807) is 13.2 Å². The van der Waals surface area contributed by atoms with Gasteiger partial charge in [0.1, 0.15) is 5.76 Å². The van der Waals surface area contributed by atoms with E-state index in [1.165, 1.54) is 18.2 Å². The van der Waals surface area contributed by atoms with Crippen molar-refractivity contribution in [2.24, 2.45) is 0 Å². The molecule has 0 aliphatic carbocycles. The number of furan rings is 1. The van der Waals surface area contributed by atoms with Crippen LogP contribution >= 0.6 is 11.8 Å². The van der Waals surface area contributed by atoms with Gasteiger partial charge in [-0.05, 0) is 38.3 Å². The summed E-state index contributed by atoms with van der Waals surface area (Å²) < 4.78 is 7.44. The van der Waals surface area contributed by atoms with Gasteiger partial charge in [0.15, 0.2) is 5.16 Å². The van der Waals surface area contributed by atoms with Crippen LogP contribution in [0.15, 0.2) is 28.0 Å². The molecule has 3 amide bonds. The van der Waals surface area contributed by atoms with Crippen LogP contribution in [0.3, 0.4) is 0 Å². The Morgan fingerprint density at radius 3 is 2.78 bits per heavy atom. The molecule has 0 unspecified atom stereocenters. The van der Waals surface area contributed by atoms with Crippen LogP contribution in [0.25, 0.3) is 0 Å². The van der Waals surface area contributed by atoms with Gasteiger partial charge < -0.3 is 14.6 Å². The average Bonchev–Trinajstić information content (AvgIpc) is 3.31. The van der Waals surface area contributed by atoms with E-state index in [2.05, 4.69) is 25.7 Å². The molecule has 0 aromatic carbocycles. The van der Waals surface area contributed by atoms with Crippen molar-refractivity contribution in [1.29, 1.82) is 0 Å². The molecule has 1 aliphatic rings. The second kappa shape index (κ2) is 9.45. The highest BCUT2D eigenvalue weighted by Crippen LogP contribution is 2.25. The van der Waals surface area contributed by atoms with E-state index in [1.807, 2.05) is 16.7 Å². The van der Waals surface area contributed by atoms with Gasteiger partial charge in [-0.2, -0.15) is 0 Å². The van der Waals surface area contributed by atoms with Crippen molar-refractivity contribution in [3.8, 4) is 0 Å². The first kappa shape index (κ1) is 19.3. The van der Waals surface area contributed by atoms with Crippen LogP contribution in [0.5, 0.6) is 0 Å². The molecular formula is C17H24N6O3S. The number of carbonyl (C=O) groups is 2. The number of rotatable bonds is 7. The lowest BCUT2D eigenvalue weighted by atomic mass is 10.1. The van der Waals surface area contributed by atoms with Crippen LogP contribution in [-0.2, 0) is 11.3 Å². The highest BCUT2D eigenvalue weighted by atomic mass is 32.2. The van der Waals surface area contributed by atoms with E-state index in [0.29, 0.717) is 18.2 Å². The maximum atomic E-state index is 12.0. The smallest absolute Gasteiger partial charge is 0.321 e. The van der Waals surface area contributed by atoms with Gasteiger partial charge in [0.2, 0.25) is 11.9 Å². The first-order valence-electron chi connectivity index (χ1n) is 9.08. The van der Waals surface area contributed by atoms with Crippen molar-refractivity contribution >= 4 is 29.6 Å². The van der Waals surface area contributed by atoms with Crippen molar-refractivity contribution in [3.05, 3.63) is 24.2 Å². The summed E-state index contributed by atoms with van der Waals surface area (Å²) in [5.74, 6) is 1.28. The molecule has 3 rings (SSSR count). The number of hydrogen-bond donors (Lipinski definition) is 2. The zero-order chi connectivity index (χ0) is 19.1. The zero-order valence-corrected chi connectivity index (χ0v) is 16.1. The SMILES string of the molecule is CCNC(=O)NC(=O)CSc1nnc(N2CCCCC2)n1Cc1ccco1. The van der Waals surface area contributed by atoms with E-state index in [9.17, 15) is 9.59 Å². The van der Waals surface area contributed by atoms with E-state index in [0.717, 1.165) is 37.6 Å². The standard InChI is InChI=1S/C17H24N6O3S/c1-2-18-15(25)19-14(24)12-27-17-21-20-16(22-8-4-3-5-9-22)23(17)11-13-7-6-10-26-13/h6-7,10H,2-5,8-9,11-12H2,1H3,(H2,18,19,24,25). The monoisotopic (exact) mass is 392 g/mol. The summed E-state index contributed by atoms with van der Waals surface area (Å²) in [4.78, 5) is 25.6. The summed E-state index contributed by atoms with van der Waals surface area (Å²) in [5.41, 5.74) is 0. The van der Waals surface area contributed by atoms with Crippen molar-refractivity contribution in [2.45, 2.75) is 37.9 Å². The molecule has 146 valence electrons. The van der Waals surface area contributed by atoms with Gasteiger partial charge >= 0.3 is 6.03 Å². The summed E-state index contributed by atoms with van der Waals surface area (Å²) in [5, 5.41) is 14.1. The van der Waals surface area contributed by atoms with Gasteiger partial charge in [-0.25, -0.2) is 4.79 Å². The second-order valence-electron chi connectivity index (χ2n) is 6.19. The Kier molecular flexibility index (Phi) is 6.74. The van der Waals surface area contributed by atoms with Crippen molar-refractivity contribution < 1.29 is 14.0 Å². The maximum Gasteiger partial charge on any atom is 0.321 e. The fourth-order valence-corrected chi connectivity index (χ4v) is 3.64. The number of imide groups is 1. The van der Waals surface area contributed by atoms with E-state index in [4.69, 9.17) is 4.42 Å². The van der Waals surface area contributed by atoms with E-state index < -0.39 is 6.03 Å². The molecule has 0 saturated carbocycles. The predicted molar refractivity (Wildman–Crippen MR) is 102 cm³/mol. The van der Waals surface area contributed by atoms with Crippen LogP contribution in [0.2, 0.25) is 0 Å². The summed E-state index contributed by atoms with van der Waals surface area (Å²) in [6, 6.07) is 3.25. The minimum Gasteiger partial charge on any atom is -0.467 e. The number of carbonyl (C=O) groups excluding carboxylic acids is 2. The van der Waals surface area contributed by atoms with Crippen LogP contribution in [0.4, 0.5) is 10.7 Å². The highest BCUT2D eigenvalue weighted by Gasteiger charge is 2.22. The molecule has 0 radical (unpaired) electrons. The maximum absolute atomic E-state index is 12.0. The molecule has 1 saturated heterocycles. The molecule has 2 aromatic rings. The fourth-order valence-electron chi connectivity index (χ4n) is 2.91. The summed E-state index contributed by atoms with van der Waals surface area (Å²) >= 11 is 1.25. The number of piperidine rings is 1. The molecule has 0 bridgehead atoms. The number of nitrogens with zero attached hydrogens (tertiary/aromatic N) is 4. The summed E-state index contributed by atoms with van der Waals surface area (Å²) in [6.07, 6.45) is 5.12. The van der Waals surface area contributed by atoms with Crippen LogP contribution < -0.4 is 15.5 Å². The summed E-state index contributed by atoms with van der Waals surface area (Å²) in [7, 11) is 0. The van der Waals surface area contributed by atoms with Gasteiger partial charge in [0.25, 0.3) is 0 Å². The van der Waals surface area contributed by atoms with Gasteiger partial charge in [-0.1, -0.05) is 11.8 Å². The van der Waals surface area contributed by atoms with Gasteiger partial charge in [-0.3, -0.25) is 14.7 Å². The lowest BCUT2D eigenvalue weighted by molar-refractivity contribution is -0.117. The topological polar surface area (TPSA) is 105 Å². The number of amides is 3. The number of thioether (sulfide) groups is 1. The summed E-state index contributed by atoms with van der Waals surface area (Å²) in [6.45, 7) is 4.63. The van der Waals surface area contributed by atoms with Gasteiger partial charge in [-0.15, -0.1) is 10.2 Å². The van der Waals surface area contributed by atoms with Crippen molar-refractivity contribution in [1.82, 2.24) is 25.4 Å². The quantitative estimate of drug-likeness (QED) is 0.693. The molecule has 27 heavy (non-hydrogen) atoms. The van der Waals surface area contributed by atoms with Crippen LogP contribution in [-0.4, -0.2) is 52.1 Å². The molecule has 3 heterocycles. The minimum atomic E-state index is -0.492. The van der Waals surface area contributed by atoms with Gasteiger partial charge in [0, 0.05) is 19.6 Å². The third kappa shape index (κ3) is 5.25. The number of nitrogens with one attached hydrogen (secondary N) is 2. The van der Waals surface area contributed by atoms with Crippen LogP contribution in [0, 0.1) is 0 Å². The predicted octanol–water partition coefficient (Wildman–Crippen LogP) is 1.85. The molecule has 2 N–H and O–H groups in total. The highest BCUT2D eigenvalue weighted by molar-refractivity contribution is 7.99. The molecule has 9 nitrogen and oxygen atoms in total. The molecule has 10 heteroatoms. The molecule has 2 aromatic heterocycles. The molecule has 0 atom stereocenters. The minimum absolute atomic E-state index is 0.0768. The Hall–Kier alpha value is -2.49. The van der Waals surface area contributed by atoms with E-state index >= 15 is 0 Å². The zero-order valence-electron chi connectivity index (χ0n) is 15.3. The molecule has 1 fully saturated rings. The Bertz CT molecular complexity index is 755. The number of aromatic nitrogens is 3. The fraction of sp³-hybridized carbons (Fsp3) is 0.529. The lowest BCUT2D eigenvalue weighted by Gasteiger charge is -2.27. The Labute approximate surface area is 161 Å². The Morgan fingerprint density at radius 2 is 2.07 bits per heavy atom. The first-order valence-corrected chi connectivity index (χ1v) is 10.1. The normalized spacial score (nSPS) is 14.2. The molecule has 0 spiro atoms. The molecular weight excluding hydrogens is 368 g/mol. The Morgan fingerprint density at radius 1 is 1.26 bits per heavy atom. The second-order valence-corrected chi connectivity index (χ2v) is 7.13. The van der Waals surface area contributed by atoms with Crippen LogP contribution in [0.1, 0.15) is 31.9 Å². The molecule has 1 aliphatic heterocycles. The largest absolute Gasteiger partial charge is 0.467 e. The number of urea groups is 1. The average molecular weight is 392 g/mol. The van der Waals surface area contributed by atoms with Crippen molar-refractivity contribution in [3.63, 3.8) is 0 Å². The third-order valence-electron chi connectivity index (χ3n) is 4.15. The Balaban J connectivity index is 1.70. The van der Waals surface area contributed by atoms with Crippen molar-refractivity contribution in [2.75, 3.05) is 30.3 Å². The number of anilines is 1. The lowest BCUT2D eigenvalue weighted by Crippen LogP contribution is -2.40. The first-order chi connectivity index (χ1) is 13.2. The number of hydrogen-bond acceptors (Lipinski definition) is 7.